The monoisotopic (exact) mass is 677 g/mol. The van der Waals surface area contributed by atoms with Gasteiger partial charge in [0.25, 0.3) is 0 Å². The number of aliphatic carboxylic acids is 1. The molecule has 4 nitrogen and oxygen atoms in total. The lowest BCUT2D eigenvalue weighted by molar-refractivity contribution is -0.149. The Morgan fingerprint density at radius 3 is 1.17 bits per heavy atom. The topological polar surface area (TPSA) is 63.6 Å². The lowest BCUT2D eigenvalue weighted by Crippen LogP contribution is -2.17. The van der Waals surface area contributed by atoms with Gasteiger partial charge in [-0.05, 0) is 57.8 Å². The number of carbonyl (C=O) groups excluding carboxylic acids is 1. The van der Waals surface area contributed by atoms with Crippen molar-refractivity contribution < 1.29 is 19.4 Å². The van der Waals surface area contributed by atoms with E-state index in [0.29, 0.717) is 12.8 Å². The highest BCUT2D eigenvalue weighted by atomic mass is 16.5. The van der Waals surface area contributed by atoms with Gasteiger partial charge in [0.05, 0.1) is 0 Å². The molecule has 0 aromatic rings. The molecule has 0 spiro atoms. The van der Waals surface area contributed by atoms with Gasteiger partial charge in [0.15, 0.2) is 0 Å². The number of hydrogen-bond acceptors (Lipinski definition) is 3. The summed E-state index contributed by atoms with van der Waals surface area (Å²) >= 11 is 0. The van der Waals surface area contributed by atoms with Crippen LogP contribution in [0.1, 0.15) is 251 Å². The fraction of sp³-hybridized carbons (Fsp3) is 0.909. The van der Waals surface area contributed by atoms with Crippen molar-refractivity contribution in [3.63, 3.8) is 0 Å². The normalized spacial score (nSPS) is 12.2. The molecule has 0 saturated heterocycles. The first-order valence-corrected chi connectivity index (χ1v) is 21.7. The van der Waals surface area contributed by atoms with E-state index in [1.807, 2.05) is 0 Å². The summed E-state index contributed by atoms with van der Waals surface area (Å²) in [5.74, 6) is -0.636. The smallest absolute Gasteiger partial charge is 0.306 e. The summed E-state index contributed by atoms with van der Waals surface area (Å²) in [6.45, 7) is 4.43. The molecule has 0 amide bonds. The highest BCUT2D eigenvalue weighted by Crippen LogP contribution is 2.17. The number of rotatable bonds is 40. The van der Waals surface area contributed by atoms with Crippen LogP contribution in [0.5, 0.6) is 0 Å². The molecule has 0 aliphatic rings. The Hall–Kier alpha value is -1.32. The Bertz CT molecular complexity index is 687. The summed E-state index contributed by atoms with van der Waals surface area (Å²) in [6, 6.07) is 0. The molecule has 0 aliphatic carbocycles. The molecule has 0 aromatic carbocycles. The van der Waals surface area contributed by atoms with E-state index in [-0.39, 0.29) is 12.1 Å². The molecule has 0 heterocycles. The highest BCUT2D eigenvalue weighted by Gasteiger charge is 2.12. The SMILES string of the molecule is CCCCCCCC/C=C\CCCCCCCCCC(=O)OC(CC)CCCCCCCCCCCCCCCCCCCCC(=O)O. The van der Waals surface area contributed by atoms with Crippen molar-refractivity contribution in [1.29, 1.82) is 0 Å². The molecule has 0 aromatic heterocycles. The van der Waals surface area contributed by atoms with Gasteiger partial charge in [-0.2, -0.15) is 0 Å². The Morgan fingerprint density at radius 2 is 0.792 bits per heavy atom. The van der Waals surface area contributed by atoms with Gasteiger partial charge in [-0.1, -0.05) is 193 Å². The zero-order valence-corrected chi connectivity index (χ0v) is 32.6. The molecule has 1 unspecified atom stereocenters. The van der Waals surface area contributed by atoms with Crippen LogP contribution in [0, 0.1) is 0 Å². The van der Waals surface area contributed by atoms with E-state index in [4.69, 9.17) is 9.84 Å². The van der Waals surface area contributed by atoms with Crippen LogP contribution in [-0.2, 0) is 14.3 Å². The minimum atomic E-state index is -0.660. The van der Waals surface area contributed by atoms with Crippen LogP contribution < -0.4 is 0 Å². The molecular formula is C44H84O4. The molecule has 1 atom stereocenters. The third kappa shape index (κ3) is 39.1. The maximum Gasteiger partial charge on any atom is 0.306 e. The second-order valence-electron chi connectivity index (χ2n) is 14.9. The van der Waals surface area contributed by atoms with Crippen LogP contribution in [0.4, 0.5) is 0 Å². The summed E-state index contributed by atoms with van der Waals surface area (Å²) in [5.41, 5.74) is 0. The van der Waals surface area contributed by atoms with Gasteiger partial charge < -0.3 is 9.84 Å². The lowest BCUT2D eigenvalue weighted by Gasteiger charge is -2.16. The first-order valence-electron chi connectivity index (χ1n) is 21.7. The minimum absolute atomic E-state index is 0.0244. The van der Waals surface area contributed by atoms with E-state index in [1.54, 1.807) is 0 Å². The van der Waals surface area contributed by atoms with Gasteiger partial charge in [0.1, 0.15) is 6.10 Å². The standard InChI is InChI=1S/C44H84O4/c1-3-5-6-7-8-9-10-11-12-15-20-23-26-29-32-35-38-41-44(47)48-42(4-2)39-36-33-30-27-24-21-18-16-13-14-17-19-22-25-28-31-34-37-40-43(45)46/h11-12,42H,3-10,13-41H2,1-2H3,(H,45,46)/b12-11-. The Labute approximate surface area is 300 Å². The Morgan fingerprint density at radius 1 is 0.458 bits per heavy atom. The van der Waals surface area contributed by atoms with Crippen LogP contribution in [0.15, 0.2) is 12.2 Å². The number of carboxylic acids is 1. The van der Waals surface area contributed by atoms with E-state index in [1.165, 1.54) is 186 Å². The lowest BCUT2D eigenvalue weighted by atomic mass is 10.0. The van der Waals surface area contributed by atoms with Crippen LogP contribution in [0.3, 0.4) is 0 Å². The van der Waals surface area contributed by atoms with E-state index in [2.05, 4.69) is 26.0 Å². The average Bonchev–Trinajstić information content (AvgIpc) is 3.08. The number of unbranched alkanes of at least 4 members (excludes halogenated alkanes) is 30. The Kier molecular flexibility index (Phi) is 39.0. The molecule has 48 heavy (non-hydrogen) atoms. The number of hydrogen-bond donors (Lipinski definition) is 1. The van der Waals surface area contributed by atoms with Gasteiger partial charge in [-0.25, -0.2) is 0 Å². The largest absolute Gasteiger partial charge is 0.481 e. The fourth-order valence-electron chi connectivity index (χ4n) is 6.76. The molecule has 0 bridgehead atoms. The quantitative estimate of drug-likeness (QED) is 0.0398. The first kappa shape index (κ1) is 46.7. The van der Waals surface area contributed by atoms with E-state index in [0.717, 1.165) is 38.5 Å². The van der Waals surface area contributed by atoms with Gasteiger partial charge in [0, 0.05) is 12.8 Å². The van der Waals surface area contributed by atoms with E-state index in [9.17, 15) is 9.59 Å². The molecule has 0 rings (SSSR count). The molecule has 1 N–H and O–H groups in total. The van der Waals surface area contributed by atoms with Gasteiger partial charge >= 0.3 is 11.9 Å². The third-order valence-electron chi connectivity index (χ3n) is 10.1. The maximum atomic E-state index is 12.3. The number of ether oxygens (including phenoxy) is 1. The summed E-state index contributed by atoms with van der Waals surface area (Å²) in [4.78, 5) is 22.9. The molecular weight excluding hydrogens is 592 g/mol. The van der Waals surface area contributed by atoms with Crippen LogP contribution in [0.2, 0.25) is 0 Å². The number of allylic oxidation sites excluding steroid dienone is 2. The summed E-state index contributed by atoms with van der Waals surface area (Å²) in [5, 5.41) is 8.66. The van der Waals surface area contributed by atoms with E-state index < -0.39 is 5.97 Å². The molecule has 0 radical (unpaired) electrons. The highest BCUT2D eigenvalue weighted by molar-refractivity contribution is 5.69. The minimum Gasteiger partial charge on any atom is -0.481 e. The van der Waals surface area contributed by atoms with Crippen LogP contribution in [0.25, 0.3) is 0 Å². The second kappa shape index (κ2) is 40.1. The maximum absolute atomic E-state index is 12.3. The number of esters is 1. The third-order valence-corrected chi connectivity index (χ3v) is 10.1. The van der Waals surface area contributed by atoms with Crippen molar-refractivity contribution in [2.75, 3.05) is 0 Å². The molecule has 4 heteroatoms. The average molecular weight is 677 g/mol. The fourth-order valence-corrected chi connectivity index (χ4v) is 6.76. The Balaban J connectivity index is 3.39. The van der Waals surface area contributed by atoms with Crippen molar-refractivity contribution in [3.05, 3.63) is 12.2 Å². The van der Waals surface area contributed by atoms with Crippen molar-refractivity contribution >= 4 is 11.9 Å². The predicted molar refractivity (Wildman–Crippen MR) is 209 cm³/mol. The van der Waals surface area contributed by atoms with Gasteiger partial charge in [-0.3, -0.25) is 9.59 Å². The molecule has 0 aliphatic heterocycles. The second-order valence-corrected chi connectivity index (χ2v) is 14.9. The zero-order valence-electron chi connectivity index (χ0n) is 32.6. The predicted octanol–water partition coefficient (Wildman–Crippen LogP) is 15.0. The summed E-state index contributed by atoms with van der Waals surface area (Å²) in [7, 11) is 0. The van der Waals surface area contributed by atoms with Crippen molar-refractivity contribution in [2.24, 2.45) is 0 Å². The molecule has 0 saturated carbocycles. The summed E-state index contributed by atoms with van der Waals surface area (Å²) in [6.07, 6.45) is 50.6. The van der Waals surface area contributed by atoms with E-state index >= 15 is 0 Å². The number of carboxylic acid groups (broad SMARTS) is 1. The van der Waals surface area contributed by atoms with Crippen LogP contribution in [-0.4, -0.2) is 23.1 Å². The zero-order chi connectivity index (χ0) is 35.0. The molecule has 0 fully saturated rings. The molecule has 284 valence electrons. The van der Waals surface area contributed by atoms with Crippen LogP contribution >= 0.6 is 0 Å². The van der Waals surface area contributed by atoms with Crippen molar-refractivity contribution in [2.45, 2.75) is 258 Å². The summed E-state index contributed by atoms with van der Waals surface area (Å²) < 4.78 is 5.81. The van der Waals surface area contributed by atoms with Crippen molar-refractivity contribution in [3.8, 4) is 0 Å². The first-order chi connectivity index (χ1) is 23.6. The van der Waals surface area contributed by atoms with Crippen molar-refractivity contribution in [1.82, 2.24) is 0 Å². The number of carbonyl (C=O) groups is 2. The van der Waals surface area contributed by atoms with Gasteiger partial charge in [0.2, 0.25) is 0 Å². The van der Waals surface area contributed by atoms with Gasteiger partial charge in [-0.15, -0.1) is 0 Å².